The first kappa shape index (κ1) is 13.4. The molecule has 0 amide bonds. The Balaban J connectivity index is 2.33. The molecule has 1 fully saturated rings. The molecule has 1 aromatic carbocycles. The SMILES string of the molecule is CC(C)c1ccc(N2CCOCC2)c(C(C)C)c1. The van der Waals surface area contributed by atoms with E-state index >= 15 is 0 Å². The minimum Gasteiger partial charge on any atom is -0.378 e. The summed E-state index contributed by atoms with van der Waals surface area (Å²) in [4.78, 5) is 2.46. The summed E-state index contributed by atoms with van der Waals surface area (Å²) in [7, 11) is 0. The monoisotopic (exact) mass is 247 g/mol. The number of ether oxygens (including phenoxy) is 1. The molecule has 0 bridgehead atoms. The number of anilines is 1. The van der Waals surface area contributed by atoms with E-state index in [-0.39, 0.29) is 0 Å². The van der Waals surface area contributed by atoms with Crippen LogP contribution >= 0.6 is 0 Å². The van der Waals surface area contributed by atoms with E-state index in [9.17, 15) is 0 Å². The number of hydrogen-bond donors (Lipinski definition) is 0. The molecule has 1 aromatic rings. The summed E-state index contributed by atoms with van der Waals surface area (Å²) in [5.74, 6) is 1.17. The van der Waals surface area contributed by atoms with Gasteiger partial charge in [-0.25, -0.2) is 0 Å². The van der Waals surface area contributed by atoms with Crippen molar-refractivity contribution in [3.05, 3.63) is 29.3 Å². The van der Waals surface area contributed by atoms with E-state index in [0.29, 0.717) is 11.8 Å². The molecule has 0 atom stereocenters. The molecule has 1 aliphatic heterocycles. The van der Waals surface area contributed by atoms with Crippen LogP contribution in [0.2, 0.25) is 0 Å². The lowest BCUT2D eigenvalue weighted by atomic mass is 9.93. The van der Waals surface area contributed by atoms with Crippen LogP contribution in [0.5, 0.6) is 0 Å². The van der Waals surface area contributed by atoms with Gasteiger partial charge < -0.3 is 9.64 Å². The Bertz CT molecular complexity index is 392. The number of hydrogen-bond acceptors (Lipinski definition) is 2. The Morgan fingerprint density at radius 2 is 1.67 bits per heavy atom. The fourth-order valence-corrected chi connectivity index (χ4v) is 2.49. The summed E-state index contributed by atoms with van der Waals surface area (Å²) in [6.45, 7) is 12.8. The predicted octanol–water partition coefficient (Wildman–Crippen LogP) is 3.77. The molecular weight excluding hydrogens is 222 g/mol. The number of morpholine rings is 1. The van der Waals surface area contributed by atoms with E-state index in [1.807, 2.05) is 0 Å². The third-order valence-corrected chi connectivity index (χ3v) is 3.69. The van der Waals surface area contributed by atoms with Crippen molar-refractivity contribution in [1.29, 1.82) is 0 Å². The Morgan fingerprint density at radius 3 is 2.22 bits per heavy atom. The van der Waals surface area contributed by atoms with Gasteiger partial charge in [0, 0.05) is 18.8 Å². The van der Waals surface area contributed by atoms with Gasteiger partial charge in [-0.1, -0.05) is 39.8 Å². The quantitative estimate of drug-likeness (QED) is 0.806. The molecule has 0 spiro atoms. The molecule has 18 heavy (non-hydrogen) atoms. The van der Waals surface area contributed by atoms with Gasteiger partial charge in [0.25, 0.3) is 0 Å². The minimum atomic E-state index is 0.571. The molecule has 0 aromatic heterocycles. The zero-order chi connectivity index (χ0) is 13.1. The summed E-state index contributed by atoms with van der Waals surface area (Å²) in [6.07, 6.45) is 0. The normalized spacial score (nSPS) is 16.7. The molecule has 100 valence electrons. The second-order valence-corrected chi connectivity index (χ2v) is 5.73. The lowest BCUT2D eigenvalue weighted by molar-refractivity contribution is 0.122. The minimum absolute atomic E-state index is 0.571. The van der Waals surface area contributed by atoms with Gasteiger partial charge in [0.15, 0.2) is 0 Å². The highest BCUT2D eigenvalue weighted by Gasteiger charge is 2.17. The van der Waals surface area contributed by atoms with Gasteiger partial charge in [0.05, 0.1) is 13.2 Å². The van der Waals surface area contributed by atoms with Crippen molar-refractivity contribution in [3.63, 3.8) is 0 Å². The smallest absolute Gasteiger partial charge is 0.0642 e. The maximum Gasteiger partial charge on any atom is 0.0642 e. The van der Waals surface area contributed by atoms with Crippen LogP contribution in [0, 0.1) is 0 Å². The Kier molecular flexibility index (Phi) is 4.28. The average molecular weight is 247 g/mol. The summed E-state index contributed by atoms with van der Waals surface area (Å²) >= 11 is 0. The van der Waals surface area contributed by atoms with Crippen molar-refractivity contribution < 1.29 is 4.74 Å². The molecule has 0 radical (unpaired) electrons. The van der Waals surface area contributed by atoms with Crippen LogP contribution in [-0.4, -0.2) is 26.3 Å². The van der Waals surface area contributed by atoms with E-state index in [1.165, 1.54) is 16.8 Å². The molecule has 0 unspecified atom stereocenters. The molecule has 2 rings (SSSR count). The van der Waals surface area contributed by atoms with Crippen LogP contribution < -0.4 is 4.90 Å². The largest absolute Gasteiger partial charge is 0.378 e. The average Bonchev–Trinajstić information content (AvgIpc) is 2.39. The maximum atomic E-state index is 5.44. The van der Waals surface area contributed by atoms with Gasteiger partial charge >= 0.3 is 0 Å². The van der Waals surface area contributed by atoms with E-state index < -0.39 is 0 Å². The Morgan fingerprint density at radius 1 is 1.00 bits per heavy atom. The second-order valence-electron chi connectivity index (χ2n) is 5.73. The van der Waals surface area contributed by atoms with Crippen molar-refractivity contribution in [1.82, 2.24) is 0 Å². The topological polar surface area (TPSA) is 12.5 Å². The molecule has 1 saturated heterocycles. The van der Waals surface area contributed by atoms with E-state index in [1.54, 1.807) is 0 Å². The third-order valence-electron chi connectivity index (χ3n) is 3.69. The summed E-state index contributed by atoms with van der Waals surface area (Å²) in [5.41, 5.74) is 4.32. The first-order valence-electron chi connectivity index (χ1n) is 7.06. The molecule has 1 aliphatic rings. The number of benzene rings is 1. The fraction of sp³-hybridized carbons (Fsp3) is 0.625. The van der Waals surface area contributed by atoms with Crippen molar-refractivity contribution >= 4 is 5.69 Å². The standard InChI is InChI=1S/C16H25NO/c1-12(2)14-5-6-16(15(11-14)13(3)4)17-7-9-18-10-8-17/h5-6,11-13H,7-10H2,1-4H3. The zero-order valence-corrected chi connectivity index (χ0v) is 12.1. The van der Waals surface area contributed by atoms with E-state index in [0.717, 1.165) is 26.3 Å². The number of nitrogens with zero attached hydrogens (tertiary/aromatic N) is 1. The van der Waals surface area contributed by atoms with Gasteiger partial charge in [-0.2, -0.15) is 0 Å². The van der Waals surface area contributed by atoms with Crippen molar-refractivity contribution in [2.24, 2.45) is 0 Å². The van der Waals surface area contributed by atoms with Crippen molar-refractivity contribution in [3.8, 4) is 0 Å². The highest BCUT2D eigenvalue weighted by molar-refractivity contribution is 5.57. The molecule has 0 N–H and O–H groups in total. The number of rotatable bonds is 3. The molecule has 2 nitrogen and oxygen atoms in total. The van der Waals surface area contributed by atoms with Gasteiger partial charge in [0.2, 0.25) is 0 Å². The predicted molar refractivity (Wildman–Crippen MR) is 77.7 cm³/mol. The van der Waals surface area contributed by atoms with Crippen LogP contribution in [0.25, 0.3) is 0 Å². The lowest BCUT2D eigenvalue weighted by Gasteiger charge is -2.32. The van der Waals surface area contributed by atoms with Crippen LogP contribution in [-0.2, 0) is 4.74 Å². The zero-order valence-electron chi connectivity index (χ0n) is 12.1. The Labute approximate surface area is 111 Å². The molecule has 2 heteroatoms. The first-order valence-corrected chi connectivity index (χ1v) is 7.06. The molecule has 0 saturated carbocycles. The maximum absolute atomic E-state index is 5.44. The molecule has 0 aliphatic carbocycles. The molecular formula is C16H25NO. The van der Waals surface area contributed by atoms with Crippen LogP contribution in [0.15, 0.2) is 18.2 Å². The fourth-order valence-electron chi connectivity index (χ4n) is 2.49. The lowest BCUT2D eigenvalue weighted by Crippen LogP contribution is -2.36. The highest BCUT2D eigenvalue weighted by Crippen LogP contribution is 2.31. The van der Waals surface area contributed by atoms with E-state index in [2.05, 4.69) is 50.8 Å². The van der Waals surface area contributed by atoms with Gasteiger partial charge in [0.1, 0.15) is 0 Å². The van der Waals surface area contributed by atoms with Crippen LogP contribution in [0.3, 0.4) is 0 Å². The summed E-state index contributed by atoms with van der Waals surface area (Å²) in [5, 5.41) is 0. The van der Waals surface area contributed by atoms with Crippen molar-refractivity contribution in [2.75, 3.05) is 31.2 Å². The van der Waals surface area contributed by atoms with Crippen LogP contribution in [0.1, 0.15) is 50.7 Å². The van der Waals surface area contributed by atoms with Gasteiger partial charge in [-0.05, 0) is 29.0 Å². The van der Waals surface area contributed by atoms with Gasteiger partial charge in [-0.3, -0.25) is 0 Å². The van der Waals surface area contributed by atoms with Crippen LogP contribution in [0.4, 0.5) is 5.69 Å². The summed E-state index contributed by atoms with van der Waals surface area (Å²) < 4.78 is 5.44. The van der Waals surface area contributed by atoms with Gasteiger partial charge in [-0.15, -0.1) is 0 Å². The summed E-state index contributed by atoms with van der Waals surface area (Å²) in [6, 6.07) is 6.97. The second kappa shape index (κ2) is 5.75. The van der Waals surface area contributed by atoms with E-state index in [4.69, 9.17) is 4.74 Å². The molecule has 1 heterocycles. The van der Waals surface area contributed by atoms with Crippen molar-refractivity contribution in [2.45, 2.75) is 39.5 Å². The highest BCUT2D eigenvalue weighted by atomic mass is 16.5. The third kappa shape index (κ3) is 2.86. The Hall–Kier alpha value is -1.02. The first-order chi connectivity index (χ1) is 8.59.